The fourth-order valence-corrected chi connectivity index (χ4v) is 5.43. The third kappa shape index (κ3) is 4.53. The summed E-state index contributed by atoms with van der Waals surface area (Å²) in [6, 6.07) is 29.8. The Morgan fingerprint density at radius 3 is 2.35 bits per heavy atom. The van der Waals surface area contributed by atoms with E-state index in [0.29, 0.717) is 18.2 Å². The van der Waals surface area contributed by atoms with Crippen molar-refractivity contribution >= 4 is 11.7 Å². The van der Waals surface area contributed by atoms with Crippen LogP contribution in [0.15, 0.2) is 97.2 Å². The van der Waals surface area contributed by atoms with Gasteiger partial charge in [0.2, 0.25) is 0 Å². The van der Waals surface area contributed by atoms with Gasteiger partial charge in [0.15, 0.2) is 0 Å². The van der Waals surface area contributed by atoms with Crippen molar-refractivity contribution < 1.29 is 9.53 Å². The number of hydrogen-bond acceptors (Lipinski definition) is 3. The third-order valence-corrected chi connectivity index (χ3v) is 7.61. The van der Waals surface area contributed by atoms with Crippen LogP contribution in [-0.2, 0) is 6.54 Å². The molecule has 1 N–H and O–H groups in total. The molecule has 2 aromatic heterocycles. The molecular formula is C33H33N5O2. The van der Waals surface area contributed by atoms with Gasteiger partial charge in [-0.05, 0) is 72.5 Å². The van der Waals surface area contributed by atoms with E-state index in [1.807, 2.05) is 65.0 Å². The fraction of sp³-hybridized carbons (Fsp3) is 0.212. The number of ether oxygens (including phenoxy) is 1. The summed E-state index contributed by atoms with van der Waals surface area (Å²) in [7, 11) is 1.63. The number of methoxy groups -OCH3 is 1. The van der Waals surface area contributed by atoms with Gasteiger partial charge >= 0.3 is 6.03 Å². The molecule has 3 aromatic carbocycles. The lowest BCUT2D eigenvalue weighted by Crippen LogP contribution is -2.38. The summed E-state index contributed by atoms with van der Waals surface area (Å²) in [5.74, 6) is 2.11. The van der Waals surface area contributed by atoms with E-state index in [2.05, 4.69) is 72.4 Å². The summed E-state index contributed by atoms with van der Waals surface area (Å²) in [6.45, 7) is 6.79. The molecule has 0 unspecified atom stereocenters. The molecule has 7 heteroatoms. The number of carbonyl (C=O) groups excluding carboxylic acids is 1. The summed E-state index contributed by atoms with van der Waals surface area (Å²) < 4.78 is 9.46. The maximum Gasteiger partial charge on any atom is 0.322 e. The van der Waals surface area contributed by atoms with Gasteiger partial charge in [-0.15, -0.1) is 0 Å². The van der Waals surface area contributed by atoms with Crippen LogP contribution < -0.4 is 10.1 Å². The first-order valence-electron chi connectivity index (χ1n) is 13.6. The van der Waals surface area contributed by atoms with Gasteiger partial charge in [0.25, 0.3) is 0 Å². The fourth-order valence-electron chi connectivity index (χ4n) is 5.43. The lowest BCUT2D eigenvalue weighted by Gasteiger charge is -2.31. The lowest BCUT2D eigenvalue weighted by molar-refractivity contribution is 0.194. The molecule has 2 amide bonds. The maximum absolute atomic E-state index is 14.1. The number of anilines is 1. The second-order valence-electron chi connectivity index (χ2n) is 10.4. The first-order valence-corrected chi connectivity index (χ1v) is 13.6. The molecule has 6 rings (SSSR count). The summed E-state index contributed by atoms with van der Waals surface area (Å²) in [4.78, 5) is 16.0. The van der Waals surface area contributed by atoms with Crippen LogP contribution >= 0.6 is 0 Å². The average molecular weight is 532 g/mol. The predicted molar refractivity (Wildman–Crippen MR) is 158 cm³/mol. The number of carbonyl (C=O) groups is 1. The minimum absolute atomic E-state index is 0.185. The van der Waals surface area contributed by atoms with Crippen molar-refractivity contribution in [1.29, 1.82) is 0 Å². The number of rotatable bonds is 5. The summed E-state index contributed by atoms with van der Waals surface area (Å²) in [6.07, 6.45) is 2.06. The zero-order valence-electron chi connectivity index (χ0n) is 23.2. The van der Waals surface area contributed by atoms with Crippen molar-refractivity contribution in [2.75, 3.05) is 12.4 Å². The molecule has 1 aliphatic rings. The van der Waals surface area contributed by atoms with Crippen molar-refractivity contribution in [3.05, 3.63) is 125 Å². The molecule has 3 heterocycles. The van der Waals surface area contributed by atoms with E-state index in [4.69, 9.17) is 9.84 Å². The first-order chi connectivity index (χ1) is 19.4. The van der Waals surface area contributed by atoms with Crippen LogP contribution in [0.25, 0.3) is 11.5 Å². The first kappa shape index (κ1) is 25.5. The number of aromatic nitrogens is 3. The molecule has 5 aromatic rings. The number of urea groups is 1. The minimum Gasteiger partial charge on any atom is -0.497 e. The predicted octanol–water partition coefficient (Wildman–Crippen LogP) is 7.24. The van der Waals surface area contributed by atoms with Crippen molar-refractivity contribution in [1.82, 2.24) is 19.2 Å². The zero-order valence-corrected chi connectivity index (χ0v) is 23.2. The molecule has 0 radical (unpaired) electrons. The molecule has 0 fully saturated rings. The highest BCUT2D eigenvalue weighted by molar-refractivity contribution is 5.90. The number of benzene rings is 3. The Bertz CT molecular complexity index is 1630. The molecule has 0 spiro atoms. The van der Waals surface area contributed by atoms with Crippen molar-refractivity contribution in [2.45, 2.75) is 39.3 Å². The number of nitrogens with zero attached hydrogens (tertiary/aromatic N) is 4. The Morgan fingerprint density at radius 2 is 1.68 bits per heavy atom. The van der Waals surface area contributed by atoms with Gasteiger partial charge in [-0.3, -0.25) is 0 Å². The Kier molecular flexibility index (Phi) is 6.64. The highest BCUT2D eigenvalue weighted by atomic mass is 16.5. The number of nitrogens with one attached hydrogen (secondary N) is 1. The number of aryl methyl sites for hydroxylation is 1. The summed E-state index contributed by atoms with van der Waals surface area (Å²) in [5.41, 5.74) is 6.89. The molecule has 7 nitrogen and oxygen atoms in total. The minimum atomic E-state index is -0.314. The normalized spacial score (nSPS) is 14.4. The number of amides is 2. The van der Waals surface area contributed by atoms with E-state index in [1.165, 1.54) is 5.56 Å². The summed E-state index contributed by atoms with van der Waals surface area (Å²) in [5, 5.41) is 8.06. The molecule has 202 valence electrons. The largest absolute Gasteiger partial charge is 0.497 e. The number of fused-ring (bicyclic) bond motifs is 3. The van der Waals surface area contributed by atoms with Crippen LogP contribution in [0.4, 0.5) is 10.5 Å². The second kappa shape index (κ2) is 10.4. The van der Waals surface area contributed by atoms with Crippen LogP contribution in [0, 0.1) is 6.92 Å². The Balaban J connectivity index is 1.50. The third-order valence-electron chi connectivity index (χ3n) is 7.61. The molecule has 1 aliphatic heterocycles. The van der Waals surface area contributed by atoms with Crippen LogP contribution in [0.1, 0.15) is 53.9 Å². The highest BCUT2D eigenvalue weighted by Crippen LogP contribution is 2.39. The van der Waals surface area contributed by atoms with E-state index in [0.717, 1.165) is 39.8 Å². The SMILES string of the molecule is COc1ccc(NC(=O)N2Cc3c(C)nn(-c4ccccc4)c3-n3cccc3[C@@H]2c2ccc(C(C)C)cc2)cc1. The van der Waals surface area contributed by atoms with E-state index in [9.17, 15) is 4.79 Å². The Hall–Kier alpha value is -4.78. The quantitative estimate of drug-likeness (QED) is 0.260. The molecule has 0 aliphatic carbocycles. The standard InChI is InChI=1S/C33H33N5O2/c1-22(2)24-12-14-25(15-13-24)31-30-11-8-20-36(30)32-29(23(3)35-38(32)27-9-6-5-7-10-27)21-37(31)33(39)34-26-16-18-28(40-4)19-17-26/h5-20,22,31H,21H2,1-4H3,(H,34,39)/t31-/m0/s1. The monoisotopic (exact) mass is 531 g/mol. The van der Waals surface area contributed by atoms with Gasteiger partial charge in [0.1, 0.15) is 11.6 Å². The zero-order chi connectivity index (χ0) is 27.8. The molecule has 0 saturated carbocycles. The second-order valence-corrected chi connectivity index (χ2v) is 10.4. The number of hydrogen-bond donors (Lipinski definition) is 1. The molecular weight excluding hydrogens is 498 g/mol. The van der Waals surface area contributed by atoms with Crippen molar-refractivity contribution in [2.24, 2.45) is 0 Å². The average Bonchev–Trinajstić information content (AvgIpc) is 3.54. The Morgan fingerprint density at radius 1 is 0.950 bits per heavy atom. The van der Waals surface area contributed by atoms with E-state index in [-0.39, 0.29) is 12.1 Å². The van der Waals surface area contributed by atoms with Crippen LogP contribution in [0.5, 0.6) is 5.75 Å². The maximum atomic E-state index is 14.1. The van der Waals surface area contributed by atoms with Crippen LogP contribution in [-0.4, -0.2) is 32.4 Å². The van der Waals surface area contributed by atoms with Gasteiger partial charge in [-0.25, -0.2) is 9.48 Å². The van der Waals surface area contributed by atoms with Gasteiger partial charge < -0.3 is 19.5 Å². The number of para-hydroxylation sites is 1. The molecule has 0 bridgehead atoms. The van der Waals surface area contributed by atoms with Crippen molar-refractivity contribution in [3.63, 3.8) is 0 Å². The van der Waals surface area contributed by atoms with Gasteiger partial charge in [-0.2, -0.15) is 5.10 Å². The lowest BCUT2D eigenvalue weighted by atomic mass is 9.97. The molecule has 0 saturated heterocycles. The van der Waals surface area contributed by atoms with Gasteiger partial charge in [-0.1, -0.05) is 56.3 Å². The summed E-state index contributed by atoms with van der Waals surface area (Å²) >= 11 is 0. The van der Waals surface area contributed by atoms with Crippen LogP contribution in [0.2, 0.25) is 0 Å². The highest BCUT2D eigenvalue weighted by Gasteiger charge is 2.36. The van der Waals surface area contributed by atoms with Crippen LogP contribution in [0.3, 0.4) is 0 Å². The topological polar surface area (TPSA) is 64.3 Å². The van der Waals surface area contributed by atoms with Gasteiger partial charge in [0, 0.05) is 17.4 Å². The van der Waals surface area contributed by atoms with E-state index >= 15 is 0 Å². The molecule has 40 heavy (non-hydrogen) atoms. The molecule has 1 atom stereocenters. The van der Waals surface area contributed by atoms with Crippen molar-refractivity contribution in [3.8, 4) is 17.3 Å². The van der Waals surface area contributed by atoms with Gasteiger partial charge in [0.05, 0.1) is 36.8 Å². The Labute approximate surface area is 234 Å². The van der Waals surface area contributed by atoms with E-state index < -0.39 is 0 Å². The smallest absolute Gasteiger partial charge is 0.322 e. The van der Waals surface area contributed by atoms with E-state index in [1.54, 1.807) is 7.11 Å².